The van der Waals surface area contributed by atoms with Gasteiger partial charge in [-0.3, -0.25) is 0 Å². The second kappa shape index (κ2) is 8.13. The highest BCUT2D eigenvalue weighted by Crippen LogP contribution is 2.45. The van der Waals surface area contributed by atoms with Gasteiger partial charge in [-0.15, -0.1) is 5.10 Å². The van der Waals surface area contributed by atoms with E-state index in [0.29, 0.717) is 24.4 Å². The number of fused-ring (bicyclic) bond motifs is 1. The van der Waals surface area contributed by atoms with Gasteiger partial charge in [0, 0.05) is 25.2 Å². The molecule has 1 N–H and O–H groups in total. The summed E-state index contributed by atoms with van der Waals surface area (Å²) >= 11 is 0. The van der Waals surface area contributed by atoms with Gasteiger partial charge in [-0.2, -0.15) is 4.98 Å². The highest BCUT2D eigenvalue weighted by atomic mass is 16.6. The average Bonchev–Trinajstić information content (AvgIpc) is 3.46. The van der Waals surface area contributed by atoms with Crippen molar-refractivity contribution in [2.45, 2.75) is 57.0 Å². The van der Waals surface area contributed by atoms with Crippen LogP contribution in [0.4, 0.5) is 0 Å². The molecule has 1 aliphatic carbocycles. The van der Waals surface area contributed by atoms with E-state index in [-0.39, 0.29) is 23.7 Å². The minimum atomic E-state index is -0.648. The number of carbonyl (C=O) groups is 1. The van der Waals surface area contributed by atoms with Gasteiger partial charge in [0.1, 0.15) is 11.4 Å². The topological polar surface area (TPSA) is 89.6 Å². The van der Waals surface area contributed by atoms with Crippen molar-refractivity contribution in [3.63, 3.8) is 0 Å². The van der Waals surface area contributed by atoms with Gasteiger partial charge in [0.2, 0.25) is 0 Å². The van der Waals surface area contributed by atoms with E-state index in [1.165, 1.54) is 5.56 Å². The third-order valence-corrected chi connectivity index (χ3v) is 6.63. The van der Waals surface area contributed by atoms with Gasteiger partial charge < -0.3 is 9.84 Å². The molecule has 7 heteroatoms. The van der Waals surface area contributed by atoms with E-state index in [2.05, 4.69) is 27.2 Å². The molecule has 1 aromatic carbocycles. The molecule has 1 fully saturated rings. The summed E-state index contributed by atoms with van der Waals surface area (Å²) in [6, 6.07) is 12.0. The second-order valence-electron chi connectivity index (χ2n) is 8.59. The summed E-state index contributed by atoms with van der Waals surface area (Å²) in [6.07, 6.45) is 9.76. The van der Waals surface area contributed by atoms with Crippen LogP contribution in [0.1, 0.15) is 49.9 Å². The zero-order chi connectivity index (χ0) is 21.3. The molecule has 3 heterocycles. The number of esters is 1. The van der Waals surface area contributed by atoms with E-state index in [0.717, 1.165) is 32.1 Å². The highest BCUT2D eigenvalue weighted by Gasteiger charge is 2.48. The molecule has 0 saturated heterocycles. The number of ether oxygens (including phenoxy) is 1. The second-order valence-corrected chi connectivity index (χ2v) is 8.59. The molecule has 3 aromatic rings. The summed E-state index contributed by atoms with van der Waals surface area (Å²) in [5.74, 6) is 0.847. The van der Waals surface area contributed by atoms with Gasteiger partial charge in [-0.05, 0) is 43.2 Å². The normalized spacial score (nSPS) is 22.3. The Morgan fingerprint density at radius 2 is 1.97 bits per heavy atom. The van der Waals surface area contributed by atoms with E-state index < -0.39 is 11.6 Å². The lowest BCUT2D eigenvalue weighted by Gasteiger charge is -2.41. The van der Waals surface area contributed by atoms with Crippen molar-refractivity contribution >= 4 is 11.7 Å². The van der Waals surface area contributed by atoms with Gasteiger partial charge in [-0.25, -0.2) is 14.3 Å². The molecule has 160 valence electrons. The molecule has 1 aliphatic heterocycles. The average molecular weight is 418 g/mol. The zero-order valence-electron chi connectivity index (χ0n) is 17.4. The van der Waals surface area contributed by atoms with Crippen molar-refractivity contribution in [2.24, 2.45) is 5.92 Å². The lowest BCUT2D eigenvalue weighted by Crippen LogP contribution is -2.46. The maximum Gasteiger partial charge on any atom is 0.338 e. The molecule has 0 radical (unpaired) electrons. The summed E-state index contributed by atoms with van der Waals surface area (Å²) in [5.41, 5.74) is 0.820. The highest BCUT2D eigenvalue weighted by molar-refractivity contribution is 5.90. The van der Waals surface area contributed by atoms with Crippen LogP contribution in [0.15, 0.2) is 60.1 Å². The Morgan fingerprint density at radius 3 is 2.71 bits per heavy atom. The van der Waals surface area contributed by atoms with Gasteiger partial charge in [-0.1, -0.05) is 43.2 Å². The van der Waals surface area contributed by atoms with Gasteiger partial charge in [0.05, 0.1) is 5.57 Å². The van der Waals surface area contributed by atoms with Gasteiger partial charge >= 0.3 is 5.97 Å². The van der Waals surface area contributed by atoms with E-state index in [1.807, 2.05) is 18.2 Å². The maximum absolute atomic E-state index is 13.1. The molecule has 0 bridgehead atoms. The summed E-state index contributed by atoms with van der Waals surface area (Å²) in [4.78, 5) is 21.6. The first kappa shape index (κ1) is 19.7. The molecule has 1 atom stereocenters. The standard InChI is InChI=1S/C24H26N4O3/c29-20-16-24(18-9-4-5-10-18,12-11-17-7-2-1-3-8-17)31-22(30)19(20)15-21-26-23-25-13-6-14-28(23)27-21/h1-3,6-8,13-14,18,29H,4-5,9-12,15-16H2/t24-/m1/s1. The molecule has 1 saturated carbocycles. The number of rotatable bonds is 6. The molecular weight excluding hydrogens is 392 g/mol. The van der Waals surface area contributed by atoms with Crippen molar-refractivity contribution in [2.75, 3.05) is 0 Å². The smallest absolute Gasteiger partial charge is 0.338 e. The number of aliphatic hydroxyl groups is 1. The van der Waals surface area contributed by atoms with Crippen LogP contribution >= 0.6 is 0 Å². The van der Waals surface area contributed by atoms with E-state index in [4.69, 9.17) is 4.74 Å². The van der Waals surface area contributed by atoms with Crippen molar-refractivity contribution in [1.29, 1.82) is 0 Å². The number of benzene rings is 1. The number of nitrogens with zero attached hydrogens (tertiary/aromatic N) is 4. The first-order valence-electron chi connectivity index (χ1n) is 11.0. The van der Waals surface area contributed by atoms with Crippen molar-refractivity contribution in [3.05, 3.63) is 71.5 Å². The van der Waals surface area contributed by atoms with Crippen LogP contribution < -0.4 is 0 Å². The Bertz CT molecular complexity index is 1090. The SMILES string of the molecule is O=C1O[C@@](CCc2ccccc2)(C2CCCC2)CC(O)=C1Cc1nc2ncccn2n1. The Kier molecular flexibility index (Phi) is 5.18. The first-order valence-corrected chi connectivity index (χ1v) is 11.0. The fraction of sp³-hybridized carbons (Fsp3) is 0.417. The number of aryl methyl sites for hydroxylation is 1. The molecule has 7 nitrogen and oxygen atoms in total. The first-order chi connectivity index (χ1) is 15.1. The van der Waals surface area contributed by atoms with Crippen LogP contribution in [0.3, 0.4) is 0 Å². The molecule has 0 unspecified atom stereocenters. The fourth-order valence-electron chi connectivity index (χ4n) is 5.00. The zero-order valence-corrected chi connectivity index (χ0v) is 17.4. The van der Waals surface area contributed by atoms with Crippen LogP contribution in [-0.2, 0) is 22.4 Å². The van der Waals surface area contributed by atoms with E-state index in [1.54, 1.807) is 23.0 Å². The number of cyclic esters (lactones) is 1. The van der Waals surface area contributed by atoms with E-state index >= 15 is 0 Å². The molecule has 31 heavy (non-hydrogen) atoms. The van der Waals surface area contributed by atoms with Crippen LogP contribution in [0.5, 0.6) is 0 Å². The molecular formula is C24H26N4O3. The summed E-state index contributed by atoms with van der Waals surface area (Å²) in [6.45, 7) is 0. The minimum absolute atomic E-state index is 0.114. The number of aliphatic hydroxyl groups excluding tert-OH is 1. The number of carbonyl (C=O) groups excluding carboxylic acids is 1. The predicted molar refractivity (Wildman–Crippen MR) is 114 cm³/mol. The minimum Gasteiger partial charge on any atom is -0.512 e. The Morgan fingerprint density at radius 1 is 1.16 bits per heavy atom. The number of aromatic nitrogens is 4. The van der Waals surface area contributed by atoms with Gasteiger partial charge in [0.25, 0.3) is 5.78 Å². The lowest BCUT2D eigenvalue weighted by atomic mass is 9.76. The predicted octanol–water partition coefficient (Wildman–Crippen LogP) is 3.99. The van der Waals surface area contributed by atoms with Crippen LogP contribution in [0, 0.1) is 5.92 Å². The van der Waals surface area contributed by atoms with Crippen molar-refractivity contribution in [1.82, 2.24) is 19.6 Å². The van der Waals surface area contributed by atoms with Crippen LogP contribution in [0.2, 0.25) is 0 Å². The molecule has 2 aromatic heterocycles. The molecule has 5 rings (SSSR count). The molecule has 0 amide bonds. The van der Waals surface area contributed by atoms with Crippen LogP contribution in [0.25, 0.3) is 5.78 Å². The van der Waals surface area contributed by atoms with Crippen molar-refractivity contribution < 1.29 is 14.6 Å². The molecule has 0 spiro atoms. The summed E-state index contributed by atoms with van der Waals surface area (Å²) < 4.78 is 7.73. The number of hydrogen-bond donors (Lipinski definition) is 1. The summed E-state index contributed by atoms with van der Waals surface area (Å²) in [7, 11) is 0. The largest absolute Gasteiger partial charge is 0.512 e. The number of hydrogen-bond acceptors (Lipinski definition) is 6. The maximum atomic E-state index is 13.1. The Balaban J connectivity index is 1.40. The third-order valence-electron chi connectivity index (χ3n) is 6.63. The van der Waals surface area contributed by atoms with Crippen molar-refractivity contribution in [3.8, 4) is 0 Å². The Hall–Kier alpha value is -3.22. The fourth-order valence-corrected chi connectivity index (χ4v) is 5.00. The lowest BCUT2D eigenvalue weighted by molar-refractivity contribution is -0.167. The molecule has 2 aliphatic rings. The third kappa shape index (κ3) is 3.92. The van der Waals surface area contributed by atoms with E-state index in [9.17, 15) is 9.90 Å². The van der Waals surface area contributed by atoms with Crippen LogP contribution in [-0.4, -0.2) is 36.3 Å². The monoisotopic (exact) mass is 418 g/mol. The Labute approximate surface area is 180 Å². The quantitative estimate of drug-likeness (QED) is 0.609. The van der Waals surface area contributed by atoms with Gasteiger partial charge in [0.15, 0.2) is 5.82 Å². The summed E-state index contributed by atoms with van der Waals surface area (Å²) in [5, 5.41) is 15.3.